The molecule has 3 nitrogen and oxygen atoms in total. The minimum absolute atomic E-state index is 0.375. The zero-order chi connectivity index (χ0) is 7.44. The first-order valence-corrected chi connectivity index (χ1v) is 3.02. The Morgan fingerprint density at radius 2 is 1.89 bits per heavy atom. The first-order valence-electron chi connectivity index (χ1n) is 3.02. The average molecular weight is 129 g/mol. The van der Waals surface area contributed by atoms with Crippen LogP contribution < -0.4 is 17.0 Å². The number of nitrogens with one attached hydrogen (secondary N) is 1. The molecule has 0 amide bonds. The van der Waals surface area contributed by atoms with Gasteiger partial charge in [-0.3, -0.25) is 5.84 Å². The highest BCUT2D eigenvalue weighted by Gasteiger charge is 2.01. The smallest absolute Gasteiger partial charge is 0.0468 e. The van der Waals surface area contributed by atoms with Crippen molar-refractivity contribution in [2.75, 3.05) is 0 Å². The van der Waals surface area contributed by atoms with E-state index in [1.54, 1.807) is 0 Å². The van der Waals surface area contributed by atoms with E-state index in [2.05, 4.69) is 5.43 Å². The first kappa shape index (κ1) is 8.30. The lowest BCUT2D eigenvalue weighted by atomic mass is 10.1. The van der Waals surface area contributed by atoms with E-state index in [1.165, 1.54) is 0 Å². The van der Waals surface area contributed by atoms with Crippen LogP contribution in [0.2, 0.25) is 0 Å². The molecule has 0 aliphatic rings. The number of rotatable bonds is 2. The van der Waals surface area contributed by atoms with E-state index in [0.717, 1.165) is 11.4 Å². The van der Waals surface area contributed by atoms with Crippen molar-refractivity contribution in [3.05, 3.63) is 11.4 Å². The van der Waals surface area contributed by atoms with Crippen molar-refractivity contribution in [3.63, 3.8) is 0 Å². The molecule has 54 valence electrons. The van der Waals surface area contributed by atoms with Gasteiger partial charge in [-0.25, -0.2) is 0 Å². The number of hydrogen-bond donors (Lipinski definition) is 3. The Balaban J connectivity index is 4.16. The molecule has 0 rings (SSSR count). The third-order valence-electron chi connectivity index (χ3n) is 1.16. The maximum atomic E-state index is 5.49. The lowest BCUT2D eigenvalue weighted by Gasteiger charge is -2.11. The maximum Gasteiger partial charge on any atom is 0.0468 e. The predicted octanol–water partition coefficient (Wildman–Crippen LogP) is 0.296. The molecule has 0 unspecified atom stereocenters. The summed E-state index contributed by atoms with van der Waals surface area (Å²) in [6.07, 6.45) is 0. The molecule has 0 aliphatic heterocycles. The molecule has 0 atom stereocenters. The molecule has 3 heteroatoms. The van der Waals surface area contributed by atoms with E-state index in [0.29, 0.717) is 5.92 Å². The molecule has 0 aliphatic carbocycles. The number of nitrogens with two attached hydrogens (primary N) is 2. The quantitative estimate of drug-likeness (QED) is 0.371. The standard InChI is InChI=1S/C6H15N3/c1-4(2)6(9-8)5(3)7/h4,9H,7-8H2,1-3H3/b6-5-. The molecule has 0 radical (unpaired) electrons. The molecule has 9 heavy (non-hydrogen) atoms. The summed E-state index contributed by atoms with van der Waals surface area (Å²) in [5.41, 5.74) is 9.71. The molecule has 0 bridgehead atoms. The van der Waals surface area contributed by atoms with Crippen molar-refractivity contribution < 1.29 is 0 Å². The summed E-state index contributed by atoms with van der Waals surface area (Å²) < 4.78 is 0. The van der Waals surface area contributed by atoms with Crippen molar-refractivity contribution in [2.24, 2.45) is 17.5 Å². The zero-order valence-corrected chi connectivity index (χ0v) is 6.23. The monoisotopic (exact) mass is 129 g/mol. The van der Waals surface area contributed by atoms with Crippen LogP contribution in [0.15, 0.2) is 11.4 Å². The summed E-state index contributed by atoms with van der Waals surface area (Å²) in [6, 6.07) is 0. The third-order valence-corrected chi connectivity index (χ3v) is 1.16. The molecule has 0 spiro atoms. The van der Waals surface area contributed by atoms with Crippen LogP contribution in [-0.2, 0) is 0 Å². The van der Waals surface area contributed by atoms with Crippen LogP contribution in [0.4, 0.5) is 0 Å². The highest BCUT2D eigenvalue weighted by atomic mass is 15.2. The van der Waals surface area contributed by atoms with Gasteiger partial charge in [0.05, 0.1) is 0 Å². The van der Waals surface area contributed by atoms with E-state index >= 15 is 0 Å². The number of allylic oxidation sites excluding steroid dienone is 2. The van der Waals surface area contributed by atoms with Crippen LogP contribution in [0.5, 0.6) is 0 Å². The molecule has 0 aromatic rings. The second-order valence-electron chi connectivity index (χ2n) is 2.40. The third kappa shape index (κ3) is 2.37. The Morgan fingerprint density at radius 1 is 1.44 bits per heavy atom. The van der Waals surface area contributed by atoms with Gasteiger partial charge in [0.15, 0.2) is 0 Å². The van der Waals surface area contributed by atoms with E-state index in [9.17, 15) is 0 Å². The summed E-state index contributed by atoms with van der Waals surface area (Å²) in [6.45, 7) is 5.90. The Bertz CT molecular complexity index is 111. The highest BCUT2D eigenvalue weighted by molar-refractivity contribution is 5.07. The van der Waals surface area contributed by atoms with Crippen molar-refractivity contribution in [1.82, 2.24) is 5.43 Å². The van der Waals surface area contributed by atoms with E-state index in [4.69, 9.17) is 11.6 Å². The van der Waals surface area contributed by atoms with Gasteiger partial charge in [0.1, 0.15) is 0 Å². The van der Waals surface area contributed by atoms with E-state index < -0.39 is 0 Å². The normalized spacial score (nSPS) is 13.4. The van der Waals surface area contributed by atoms with E-state index in [-0.39, 0.29) is 0 Å². The SMILES string of the molecule is C/C(N)=C(/NN)C(C)C. The molecule has 0 fully saturated rings. The van der Waals surface area contributed by atoms with Gasteiger partial charge in [0.25, 0.3) is 0 Å². The molecule has 0 heterocycles. The van der Waals surface area contributed by atoms with Gasteiger partial charge in [-0.15, -0.1) is 0 Å². The molecule has 0 saturated heterocycles. The number of hydrazine groups is 1. The highest BCUT2D eigenvalue weighted by Crippen LogP contribution is 2.05. The van der Waals surface area contributed by atoms with Crippen LogP contribution >= 0.6 is 0 Å². The first-order chi connectivity index (χ1) is 4.09. The van der Waals surface area contributed by atoms with Crippen LogP contribution in [0.3, 0.4) is 0 Å². The molecule has 0 aromatic carbocycles. The summed E-state index contributed by atoms with van der Waals surface area (Å²) in [5, 5.41) is 0. The minimum atomic E-state index is 0.375. The molecular weight excluding hydrogens is 114 g/mol. The summed E-state index contributed by atoms with van der Waals surface area (Å²) >= 11 is 0. The Morgan fingerprint density at radius 3 is 1.89 bits per heavy atom. The van der Waals surface area contributed by atoms with Crippen LogP contribution in [0.25, 0.3) is 0 Å². The van der Waals surface area contributed by atoms with Gasteiger partial charge >= 0.3 is 0 Å². The topological polar surface area (TPSA) is 64.1 Å². The zero-order valence-electron chi connectivity index (χ0n) is 6.23. The van der Waals surface area contributed by atoms with Crippen molar-refractivity contribution in [1.29, 1.82) is 0 Å². The molecular formula is C6H15N3. The fraction of sp³-hybridized carbons (Fsp3) is 0.667. The van der Waals surface area contributed by atoms with Crippen molar-refractivity contribution >= 4 is 0 Å². The molecule has 0 saturated carbocycles. The fourth-order valence-corrected chi connectivity index (χ4v) is 0.736. The van der Waals surface area contributed by atoms with Crippen LogP contribution in [0.1, 0.15) is 20.8 Å². The van der Waals surface area contributed by atoms with Crippen LogP contribution in [0, 0.1) is 5.92 Å². The molecule has 5 N–H and O–H groups in total. The second kappa shape index (κ2) is 3.35. The van der Waals surface area contributed by atoms with Gasteiger partial charge < -0.3 is 11.2 Å². The predicted molar refractivity (Wildman–Crippen MR) is 39.0 cm³/mol. The largest absolute Gasteiger partial charge is 0.401 e. The van der Waals surface area contributed by atoms with Crippen molar-refractivity contribution in [3.8, 4) is 0 Å². The Kier molecular flexibility index (Phi) is 3.09. The summed E-state index contributed by atoms with van der Waals surface area (Å²) in [4.78, 5) is 0. The fourth-order valence-electron chi connectivity index (χ4n) is 0.736. The van der Waals surface area contributed by atoms with Gasteiger partial charge in [-0.1, -0.05) is 13.8 Å². The van der Waals surface area contributed by atoms with Crippen LogP contribution in [-0.4, -0.2) is 0 Å². The summed E-state index contributed by atoms with van der Waals surface area (Å²) in [5.74, 6) is 5.56. The minimum Gasteiger partial charge on any atom is -0.401 e. The van der Waals surface area contributed by atoms with Crippen molar-refractivity contribution in [2.45, 2.75) is 20.8 Å². The lowest BCUT2D eigenvalue weighted by molar-refractivity contribution is 0.658. The van der Waals surface area contributed by atoms with Gasteiger partial charge in [-0.05, 0) is 12.8 Å². The summed E-state index contributed by atoms with van der Waals surface area (Å²) in [7, 11) is 0. The average Bonchev–Trinajstić information content (AvgIpc) is 1.64. The maximum absolute atomic E-state index is 5.49. The molecule has 0 aromatic heterocycles. The number of hydrogen-bond acceptors (Lipinski definition) is 3. The second-order valence-corrected chi connectivity index (χ2v) is 2.40. The Hall–Kier alpha value is -0.700. The van der Waals surface area contributed by atoms with Gasteiger partial charge in [0, 0.05) is 11.4 Å². The lowest BCUT2D eigenvalue weighted by Crippen LogP contribution is -2.27. The van der Waals surface area contributed by atoms with Gasteiger partial charge in [-0.2, -0.15) is 0 Å². The van der Waals surface area contributed by atoms with Gasteiger partial charge in [0.2, 0.25) is 0 Å². The van der Waals surface area contributed by atoms with E-state index in [1.807, 2.05) is 20.8 Å². The Labute approximate surface area is 56.1 Å².